The fourth-order valence-electron chi connectivity index (χ4n) is 4.72. The van der Waals surface area contributed by atoms with Gasteiger partial charge in [0.2, 0.25) is 0 Å². The van der Waals surface area contributed by atoms with Gasteiger partial charge < -0.3 is 24.3 Å². The monoisotopic (exact) mass is 514 g/mol. The molecule has 2 N–H and O–H groups in total. The van der Waals surface area contributed by atoms with E-state index in [9.17, 15) is 14.6 Å². The number of nitriles is 1. The molecule has 190 valence electrons. The molecule has 2 amide bonds. The van der Waals surface area contributed by atoms with Crippen LogP contribution >= 0.6 is 0 Å². The van der Waals surface area contributed by atoms with E-state index in [1.54, 1.807) is 12.5 Å². The zero-order valence-corrected chi connectivity index (χ0v) is 21.8. The van der Waals surface area contributed by atoms with E-state index in [1.165, 1.54) is 0 Å². The number of aromatic nitrogens is 3. The van der Waals surface area contributed by atoms with E-state index in [2.05, 4.69) is 26.3 Å². The largest absolute Gasteiger partial charge is 0.611 e. The molecular formula is C28H30N6O2S. The lowest BCUT2D eigenvalue weighted by atomic mass is 9.92. The van der Waals surface area contributed by atoms with Gasteiger partial charge in [-0.15, -0.1) is 0 Å². The molecule has 0 aliphatic heterocycles. The van der Waals surface area contributed by atoms with Crippen LogP contribution in [0.5, 0.6) is 0 Å². The molecule has 1 aliphatic rings. The molecule has 0 spiro atoms. The Labute approximate surface area is 219 Å². The van der Waals surface area contributed by atoms with E-state index < -0.39 is 11.2 Å². The number of hydrogen-bond donors (Lipinski definition) is 2. The number of fused-ring (bicyclic) bond motifs is 1. The van der Waals surface area contributed by atoms with Crippen LogP contribution < -0.4 is 10.6 Å². The second kappa shape index (κ2) is 10.7. The predicted molar refractivity (Wildman–Crippen MR) is 146 cm³/mol. The number of benzene rings is 2. The van der Waals surface area contributed by atoms with Gasteiger partial charge in [-0.3, -0.25) is 0 Å². The van der Waals surface area contributed by atoms with E-state index in [-0.39, 0.29) is 12.1 Å². The summed E-state index contributed by atoms with van der Waals surface area (Å²) in [5.41, 5.74) is 4.04. The van der Waals surface area contributed by atoms with E-state index in [4.69, 9.17) is 0 Å². The van der Waals surface area contributed by atoms with E-state index in [0.717, 1.165) is 46.3 Å². The second-order valence-corrected chi connectivity index (χ2v) is 11.2. The van der Waals surface area contributed by atoms with Crippen molar-refractivity contribution in [2.75, 3.05) is 11.1 Å². The Balaban J connectivity index is 1.50. The SMILES string of the molecule is CC(C)NC(=O)Nc1ccc(-c2c(C#N)c3ccc([S+]([O-])CCn4ccnc4)cc3n2C2CCC2)cc1. The zero-order valence-electron chi connectivity index (χ0n) is 21.0. The normalized spacial score (nSPS) is 14.4. The number of amides is 2. The average Bonchev–Trinajstić information content (AvgIpc) is 3.47. The molecule has 0 bridgehead atoms. The van der Waals surface area contributed by atoms with Crippen LogP contribution in [0, 0.1) is 11.3 Å². The van der Waals surface area contributed by atoms with Crippen molar-refractivity contribution in [1.29, 1.82) is 5.26 Å². The summed E-state index contributed by atoms with van der Waals surface area (Å²) >= 11 is -1.18. The summed E-state index contributed by atoms with van der Waals surface area (Å²) in [6.45, 7) is 4.44. The Kier molecular flexibility index (Phi) is 7.22. The molecule has 4 aromatic rings. The summed E-state index contributed by atoms with van der Waals surface area (Å²) in [5, 5.41) is 16.7. The molecular weight excluding hydrogens is 484 g/mol. The number of imidazole rings is 1. The van der Waals surface area contributed by atoms with Crippen molar-refractivity contribution in [2.24, 2.45) is 0 Å². The second-order valence-electron chi connectivity index (χ2n) is 9.65. The van der Waals surface area contributed by atoms with Gasteiger partial charge in [0, 0.05) is 41.6 Å². The maximum absolute atomic E-state index is 13.1. The first-order valence-electron chi connectivity index (χ1n) is 12.5. The summed E-state index contributed by atoms with van der Waals surface area (Å²) in [4.78, 5) is 16.9. The van der Waals surface area contributed by atoms with Crippen LogP contribution in [0.1, 0.15) is 44.7 Å². The number of hydrogen-bond acceptors (Lipinski definition) is 4. The lowest BCUT2D eigenvalue weighted by molar-refractivity contribution is 0.250. The van der Waals surface area contributed by atoms with Crippen LogP contribution in [0.3, 0.4) is 0 Å². The van der Waals surface area contributed by atoms with Crippen LogP contribution in [0.4, 0.5) is 10.5 Å². The summed E-state index contributed by atoms with van der Waals surface area (Å²) in [6.07, 6.45) is 8.55. The van der Waals surface area contributed by atoms with Crippen LogP contribution in [0.25, 0.3) is 22.2 Å². The first kappa shape index (κ1) is 24.9. The summed E-state index contributed by atoms with van der Waals surface area (Å²) in [7, 11) is 0. The molecule has 1 saturated carbocycles. The van der Waals surface area contributed by atoms with Crippen molar-refractivity contribution in [3.8, 4) is 17.3 Å². The van der Waals surface area contributed by atoms with Gasteiger partial charge in [0.05, 0.1) is 29.6 Å². The van der Waals surface area contributed by atoms with Gasteiger partial charge in [-0.2, -0.15) is 5.26 Å². The first-order chi connectivity index (χ1) is 17.9. The van der Waals surface area contributed by atoms with Gasteiger partial charge >= 0.3 is 6.03 Å². The van der Waals surface area contributed by atoms with Crippen LogP contribution in [0.15, 0.2) is 66.1 Å². The highest BCUT2D eigenvalue weighted by Gasteiger charge is 2.28. The number of nitrogens with zero attached hydrogens (tertiary/aromatic N) is 4. The molecule has 2 aromatic heterocycles. The molecule has 2 aromatic carbocycles. The molecule has 8 nitrogen and oxygen atoms in total. The predicted octanol–water partition coefficient (Wildman–Crippen LogP) is 5.44. The Bertz CT molecular complexity index is 1430. The highest BCUT2D eigenvalue weighted by atomic mass is 32.2. The molecule has 37 heavy (non-hydrogen) atoms. The number of rotatable bonds is 8. The number of aryl methyl sites for hydroxylation is 1. The maximum Gasteiger partial charge on any atom is 0.319 e. The molecule has 9 heteroatoms. The minimum absolute atomic E-state index is 0.0424. The Hall–Kier alpha value is -3.74. The number of urea groups is 1. The van der Waals surface area contributed by atoms with Crippen molar-refractivity contribution in [1.82, 2.24) is 19.4 Å². The molecule has 1 fully saturated rings. The Morgan fingerprint density at radius 2 is 2.03 bits per heavy atom. The van der Waals surface area contributed by atoms with Gasteiger partial charge in [-0.05, 0) is 74.1 Å². The van der Waals surface area contributed by atoms with Crippen molar-refractivity contribution >= 4 is 33.8 Å². The highest BCUT2D eigenvalue weighted by molar-refractivity contribution is 7.91. The topological polar surface area (TPSA) is 111 Å². The standard InChI is InChI=1S/C28H30N6O2S/c1-19(2)31-28(35)32-21-8-6-20(7-9-21)27-25(17-29)24-11-10-23(16-26(24)34(27)22-4-3-5-22)37(36)15-14-33-13-12-30-18-33/h6-13,16,18-19,22H,3-5,14-15H2,1-2H3,(H2,31,32,35). The quantitative estimate of drug-likeness (QED) is 0.305. The highest BCUT2D eigenvalue weighted by Crippen LogP contribution is 2.43. The maximum atomic E-state index is 13.1. The fraction of sp³-hybridized carbons (Fsp3) is 0.321. The first-order valence-corrected chi connectivity index (χ1v) is 13.9. The number of carbonyl (C=O) groups is 1. The average molecular weight is 515 g/mol. The van der Waals surface area contributed by atoms with Gasteiger partial charge in [0.15, 0.2) is 4.90 Å². The summed E-state index contributed by atoms with van der Waals surface area (Å²) < 4.78 is 17.3. The minimum Gasteiger partial charge on any atom is -0.611 e. The molecule has 5 rings (SSSR count). The van der Waals surface area contributed by atoms with Crippen molar-refractivity contribution < 1.29 is 9.35 Å². The molecule has 1 unspecified atom stereocenters. The van der Waals surface area contributed by atoms with E-state index >= 15 is 0 Å². The van der Waals surface area contributed by atoms with Crippen molar-refractivity contribution in [2.45, 2.75) is 56.6 Å². The Morgan fingerprint density at radius 1 is 1.24 bits per heavy atom. The van der Waals surface area contributed by atoms with Crippen molar-refractivity contribution in [3.63, 3.8) is 0 Å². The van der Waals surface area contributed by atoms with Crippen LogP contribution in [-0.4, -0.2) is 36.5 Å². The molecule has 1 atom stereocenters. The minimum atomic E-state index is -1.18. The van der Waals surface area contributed by atoms with Crippen LogP contribution in [0.2, 0.25) is 0 Å². The molecule has 1 aliphatic carbocycles. The Morgan fingerprint density at radius 3 is 2.65 bits per heavy atom. The zero-order chi connectivity index (χ0) is 25.9. The fourth-order valence-corrected chi connectivity index (χ4v) is 5.79. The van der Waals surface area contributed by atoms with Crippen molar-refractivity contribution in [3.05, 3.63) is 66.7 Å². The number of nitrogens with one attached hydrogen (secondary N) is 2. The van der Waals surface area contributed by atoms with Gasteiger partial charge in [0.25, 0.3) is 0 Å². The summed E-state index contributed by atoms with van der Waals surface area (Å²) in [6, 6.07) is 15.9. The third-order valence-corrected chi connectivity index (χ3v) is 8.05. The third-order valence-electron chi connectivity index (χ3n) is 6.72. The van der Waals surface area contributed by atoms with E-state index in [1.807, 2.05) is 67.1 Å². The number of anilines is 1. The van der Waals surface area contributed by atoms with Gasteiger partial charge in [-0.25, -0.2) is 9.78 Å². The van der Waals surface area contributed by atoms with Gasteiger partial charge in [0.1, 0.15) is 11.8 Å². The van der Waals surface area contributed by atoms with Crippen LogP contribution in [-0.2, 0) is 17.7 Å². The molecule has 0 saturated heterocycles. The number of carbonyl (C=O) groups excluding carboxylic acids is 1. The third kappa shape index (κ3) is 5.22. The lowest BCUT2D eigenvalue weighted by Crippen LogP contribution is -2.34. The smallest absolute Gasteiger partial charge is 0.319 e. The lowest BCUT2D eigenvalue weighted by Gasteiger charge is -2.30. The van der Waals surface area contributed by atoms with E-state index in [0.29, 0.717) is 29.6 Å². The molecule has 2 heterocycles. The molecule has 0 radical (unpaired) electrons. The van der Waals surface area contributed by atoms with Gasteiger partial charge in [-0.1, -0.05) is 12.1 Å². The summed E-state index contributed by atoms with van der Waals surface area (Å²) in [5.74, 6) is 0.489.